The Morgan fingerprint density at radius 1 is 0.647 bits per heavy atom. The smallest absolute Gasteiger partial charge is 0.220 e. The average Bonchev–Trinajstić information content (AvgIpc) is 3.13. The highest BCUT2D eigenvalue weighted by molar-refractivity contribution is 5.76. The molecule has 1 rings (SSSR count). The van der Waals surface area contributed by atoms with Gasteiger partial charge in [0.25, 0.3) is 0 Å². The van der Waals surface area contributed by atoms with E-state index >= 15 is 0 Å². The van der Waals surface area contributed by atoms with Crippen LogP contribution >= 0.6 is 0 Å². The van der Waals surface area contributed by atoms with Gasteiger partial charge in [-0.1, -0.05) is 154 Å². The summed E-state index contributed by atoms with van der Waals surface area (Å²) >= 11 is 0. The van der Waals surface area contributed by atoms with Crippen LogP contribution in [-0.4, -0.2) is 87.5 Å². The number of rotatable bonds is 34. The van der Waals surface area contributed by atoms with Crippen LogP contribution in [0.5, 0.6) is 0 Å². The van der Waals surface area contributed by atoms with Crippen molar-refractivity contribution in [3.05, 3.63) is 24.3 Å². The first-order chi connectivity index (χ1) is 24.8. The van der Waals surface area contributed by atoms with Gasteiger partial charge in [-0.15, -0.1) is 0 Å². The maximum absolute atomic E-state index is 12.9. The van der Waals surface area contributed by atoms with E-state index in [4.69, 9.17) is 9.47 Å². The van der Waals surface area contributed by atoms with Gasteiger partial charge < -0.3 is 40.3 Å². The van der Waals surface area contributed by atoms with Gasteiger partial charge in [0.2, 0.25) is 5.91 Å². The number of ether oxygens (including phenoxy) is 2. The number of allylic oxidation sites excluding steroid dienone is 3. The highest BCUT2D eigenvalue weighted by Crippen LogP contribution is 2.22. The van der Waals surface area contributed by atoms with Crippen LogP contribution in [0.2, 0.25) is 0 Å². The van der Waals surface area contributed by atoms with Crippen molar-refractivity contribution >= 4 is 5.91 Å². The molecule has 2 unspecified atom stereocenters. The van der Waals surface area contributed by atoms with E-state index in [1.54, 1.807) is 6.08 Å². The molecule has 1 amide bonds. The van der Waals surface area contributed by atoms with E-state index in [0.29, 0.717) is 6.42 Å². The number of aliphatic hydroxyl groups is 5. The Labute approximate surface area is 311 Å². The van der Waals surface area contributed by atoms with Crippen molar-refractivity contribution in [2.24, 2.45) is 0 Å². The van der Waals surface area contributed by atoms with Gasteiger partial charge in [0.05, 0.1) is 25.4 Å². The zero-order valence-corrected chi connectivity index (χ0v) is 32.6. The molecule has 0 radical (unpaired) electrons. The molecule has 0 aliphatic carbocycles. The first kappa shape index (κ1) is 47.7. The zero-order valence-electron chi connectivity index (χ0n) is 32.6. The second-order valence-electron chi connectivity index (χ2n) is 14.8. The largest absolute Gasteiger partial charge is 0.394 e. The second-order valence-corrected chi connectivity index (χ2v) is 14.8. The van der Waals surface area contributed by atoms with Crippen molar-refractivity contribution in [3.8, 4) is 0 Å². The van der Waals surface area contributed by atoms with Crippen molar-refractivity contribution in [1.82, 2.24) is 5.32 Å². The number of carbonyl (C=O) groups excluding carboxylic acids is 1. The minimum atomic E-state index is -1.56. The van der Waals surface area contributed by atoms with Crippen molar-refractivity contribution in [2.75, 3.05) is 13.2 Å². The summed E-state index contributed by atoms with van der Waals surface area (Å²) in [7, 11) is 0. The first-order valence-corrected chi connectivity index (χ1v) is 21.1. The van der Waals surface area contributed by atoms with Crippen LogP contribution in [0.25, 0.3) is 0 Å². The van der Waals surface area contributed by atoms with Crippen LogP contribution in [0.1, 0.15) is 181 Å². The van der Waals surface area contributed by atoms with Gasteiger partial charge in [-0.3, -0.25) is 4.79 Å². The summed E-state index contributed by atoms with van der Waals surface area (Å²) in [6.07, 6.45) is 30.7. The number of unbranched alkanes of at least 4 members (excludes halogenated alkanes) is 22. The molecule has 300 valence electrons. The minimum Gasteiger partial charge on any atom is -0.394 e. The quantitative estimate of drug-likeness (QED) is 0.0289. The normalized spacial score (nSPS) is 22.2. The molecule has 1 fully saturated rings. The summed E-state index contributed by atoms with van der Waals surface area (Å²) in [4.78, 5) is 12.9. The molecule has 51 heavy (non-hydrogen) atoms. The molecule has 1 aliphatic heterocycles. The van der Waals surface area contributed by atoms with Crippen LogP contribution in [0.4, 0.5) is 0 Å². The van der Waals surface area contributed by atoms with Gasteiger partial charge in [0.1, 0.15) is 24.4 Å². The molecule has 1 aliphatic rings. The van der Waals surface area contributed by atoms with Gasteiger partial charge >= 0.3 is 0 Å². The second kappa shape index (κ2) is 33.3. The lowest BCUT2D eigenvalue weighted by molar-refractivity contribution is -0.302. The maximum atomic E-state index is 12.9. The van der Waals surface area contributed by atoms with Crippen LogP contribution < -0.4 is 5.32 Å². The Hall–Kier alpha value is -1.33. The fourth-order valence-electron chi connectivity index (χ4n) is 6.56. The Bertz CT molecular complexity index is 853. The van der Waals surface area contributed by atoms with E-state index in [1.807, 2.05) is 6.08 Å². The number of amides is 1. The van der Waals surface area contributed by atoms with Crippen molar-refractivity contribution in [1.29, 1.82) is 0 Å². The number of hydrogen-bond acceptors (Lipinski definition) is 8. The topological polar surface area (TPSA) is 149 Å². The van der Waals surface area contributed by atoms with Crippen LogP contribution in [0.15, 0.2) is 24.3 Å². The van der Waals surface area contributed by atoms with E-state index in [2.05, 4.69) is 31.3 Å². The summed E-state index contributed by atoms with van der Waals surface area (Å²) in [5, 5.41) is 54.0. The van der Waals surface area contributed by atoms with Gasteiger partial charge in [-0.05, 0) is 44.9 Å². The molecular weight excluding hydrogens is 646 g/mol. The van der Waals surface area contributed by atoms with Crippen molar-refractivity contribution < 1.29 is 39.8 Å². The summed E-state index contributed by atoms with van der Waals surface area (Å²) in [6, 6.07) is -0.804. The minimum absolute atomic E-state index is 0.187. The summed E-state index contributed by atoms with van der Waals surface area (Å²) in [5.41, 5.74) is 0. The number of hydrogen-bond donors (Lipinski definition) is 6. The third-order valence-electron chi connectivity index (χ3n) is 10.0. The molecule has 0 bridgehead atoms. The van der Waals surface area contributed by atoms with Gasteiger partial charge in [-0.25, -0.2) is 0 Å². The molecule has 7 atom stereocenters. The predicted molar refractivity (Wildman–Crippen MR) is 207 cm³/mol. The lowest BCUT2D eigenvalue weighted by Crippen LogP contribution is -2.60. The molecule has 0 spiro atoms. The highest BCUT2D eigenvalue weighted by Gasteiger charge is 2.44. The fourth-order valence-corrected chi connectivity index (χ4v) is 6.56. The van der Waals surface area contributed by atoms with Crippen molar-refractivity contribution in [3.63, 3.8) is 0 Å². The van der Waals surface area contributed by atoms with Gasteiger partial charge in [0, 0.05) is 6.42 Å². The number of aliphatic hydroxyl groups excluding tert-OH is 5. The van der Waals surface area contributed by atoms with Crippen LogP contribution in [0.3, 0.4) is 0 Å². The molecule has 0 aromatic rings. The standard InChI is InChI=1S/C42H79NO8/c1-3-5-7-9-11-13-15-17-18-20-22-24-26-28-30-32-38(46)43-35(34-50-42-41(49)40(48)39(47)37(33-44)51-42)36(45)31-29-27-25-23-21-19-16-14-12-10-8-6-4-2/h17-18,29,31,35-37,39-42,44-45,47-49H,3-16,19-28,30,32-34H2,1-2H3,(H,43,46)/b18-17-,31-29+/t35-,36+,37+,39-,40?,41?,42+/m0/s1. The van der Waals surface area contributed by atoms with Crippen LogP contribution in [-0.2, 0) is 14.3 Å². The zero-order chi connectivity index (χ0) is 37.4. The van der Waals surface area contributed by atoms with E-state index in [1.165, 1.54) is 103 Å². The van der Waals surface area contributed by atoms with E-state index < -0.39 is 49.5 Å². The van der Waals surface area contributed by atoms with Crippen LogP contribution in [0, 0.1) is 0 Å². The fraction of sp³-hybridized carbons (Fsp3) is 0.881. The Balaban J connectivity index is 2.42. The van der Waals surface area contributed by atoms with E-state index in [9.17, 15) is 30.3 Å². The first-order valence-electron chi connectivity index (χ1n) is 21.1. The number of nitrogens with one attached hydrogen (secondary N) is 1. The number of carbonyl (C=O) groups is 1. The maximum Gasteiger partial charge on any atom is 0.220 e. The molecule has 0 aromatic carbocycles. The lowest BCUT2D eigenvalue weighted by Gasteiger charge is -2.40. The summed E-state index contributed by atoms with van der Waals surface area (Å²) in [5.74, 6) is -0.187. The Kier molecular flexibility index (Phi) is 31.1. The Morgan fingerprint density at radius 2 is 1.10 bits per heavy atom. The summed E-state index contributed by atoms with van der Waals surface area (Å²) in [6.45, 7) is 3.74. The third kappa shape index (κ3) is 24.6. The van der Waals surface area contributed by atoms with Crippen molar-refractivity contribution in [2.45, 2.75) is 224 Å². The molecule has 6 N–H and O–H groups in total. The van der Waals surface area contributed by atoms with Gasteiger partial charge in [-0.2, -0.15) is 0 Å². The molecule has 9 heteroatoms. The third-order valence-corrected chi connectivity index (χ3v) is 10.0. The lowest BCUT2D eigenvalue weighted by atomic mass is 9.99. The molecule has 9 nitrogen and oxygen atoms in total. The highest BCUT2D eigenvalue weighted by atomic mass is 16.7. The average molecular weight is 726 g/mol. The molecule has 0 aromatic heterocycles. The monoisotopic (exact) mass is 726 g/mol. The predicted octanol–water partition coefficient (Wildman–Crippen LogP) is 7.94. The molecule has 1 saturated heterocycles. The van der Waals surface area contributed by atoms with Gasteiger partial charge in [0.15, 0.2) is 6.29 Å². The summed E-state index contributed by atoms with van der Waals surface area (Å²) < 4.78 is 11.2. The van der Waals surface area contributed by atoms with E-state index in [-0.39, 0.29) is 12.5 Å². The van der Waals surface area contributed by atoms with E-state index in [0.717, 1.165) is 57.8 Å². The molecular formula is C42H79NO8. The molecule has 0 saturated carbocycles. The molecule has 1 heterocycles. The Morgan fingerprint density at radius 3 is 1.59 bits per heavy atom. The SMILES string of the molecule is CCCCCCCC/C=C\CCCCCCCC(=O)N[C@@H](CO[C@@H]1O[C@H](CO)[C@H](O)C(O)C1O)[C@H](O)/C=C/CCCCCCCCCCCCC.